The molecule has 1 rings (SSSR count). The zero-order chi connectivity index (χ0) is 11.3. The maximum Gasteiger partial charge on any atom is 0.337 e. The Morgan fingerprint density at radius 1 is 1.40 bits per heavy atom. The average Bonchev–Trinajstić information content (AvgIpc) is 2.24. The van der Waals surface area contributed by atoms with Crippen molar-refractivity contribution >= 4 is 18.3 Å². The third-order valence-electron chi connectivity index (χ3n) is 1.71. The number of methoxy groups -OCH3 is 1. The molecule has 3 nitrogen and oxygen atoms in total. The summed E-state index contributed by atoms with van der Waals surface area (Å²) in [6, 6.07) is 3.73. The van der Waals surface area contributed by atoms with Crippen molar-refractivity contribution in [1.82, 2.24) is 0 Å². The summed E-state index contributed by atoms with van der Waals surface area (Å²) in [5.74, 6) is -1.17. The van der Waals surface area contributed by atoms with Crippen LogP contribution in [-0.4, -0.2) is 19.4 Å². The monoisotopic (exact) mass is 208 g/mol. The fraction of sp³-hybridized carbons (Fsp3) is 0.0909. The van der Waals surface area contributed by atoms with E-state index in [0.717, 1.165) is 6.07 Å². The van der Waals surface area contributed by atoms with Crippen molar-refractivity contribution in [2.45, 2.75) is 0 Å². The second-order valence-electron chi connectivity index (χ2n) is 2.76. The molecule has 0 fully saturated rings. The van der Waals surface area contributed by atoms with Crippen LogP contribution in [0.5, 0.6) is 0 Å². The van der Waals surface area contributed by atoms with Crippen molar-refractivity contribution < 1.29 is 18.7 Å². The fourth-order valence-electron chi connectivity index (χ4n) is 1.09. The predicted octanol–water partition coefficient (Wildman–Crippen LogP) is 1.82. The van der Waals surface area contributed by atoms with Gasteiger partial charge in [-0.3, -0.25) is 4.79 Å². The third-order valence-corrected chi connectivity index (χ3v) is 1.71. The van der Waals surface area contributed by atoms with Gasteiger partial charge in [-0.2, -0.15) is 0 Å². The largest absolute Gasteiger partial charge is 0.465 e. The van der Waals surface area contributed by atoms with Gasteiger partial charge in [-0.15, -0.1) is 0 Å². The van der Waals surface area contributed by atoms with Gasteiger partial charge in [-0.1, -0.05) is 6.08 Å². The number of carbonyl (C=O) groups is 2. The summed E-state index contributed by atoms with van der Waals surface area (Å²) in [4.78, 5) is 21.2. The lowest BCUT2D eigenvalue weighted by Gasteiger charge is -2.01. The van der Waals surface area contributed by atoms with Gasteiger partial charge in [0.15, 0.2) is 0 Å². The van der Waals surface area contributed by atoms with Gasteiger partial charge in [-0.25, -0.2) is 9.18 Å². The van der Waals surface area contributed by atoms with Gasteiger partial charge in [0, 0.05) is 0 Å². The van der Waals surface area contributed by atoms with Crippen LogP contribution in [0.25, 0.3) is 6.08 Å². The molecule has 78 valence electrons. The molecule has 0 aromatic heterocycles. The fourth-order valence-corrected chi connectivity index (χ4v) is 1.09. The Kier molecular flexibility index (Phi) is 3.74. The van der Waals surface area contributed by atoms with E-state index >= 15 is 0 Å². The van der Waals surface area contributed by atoms with E-state index in [-0.39, 0.29) is 5.56 Å². The van der Waals surface area contributed by atoms with Crippen molar-refractivity contribution in [2.24, 2.45) is 0 Å². The van der Waals surface area contributed by atoms with Crippen LogP contribution in [0, 0.1) is 5.82 Å². The van der Waals surface area contributed by atoms with E-state index in [1.807, 2.05) is 0 Å². The Bertz CT molecular complexity index is 410. The molecule has 1 aromatic carbocycles. The van der Waals surface area contributed by atoms with Gasteiger partial charge < -0.3 is 4.74 Å². The molecule has 0 saturated heterocycles. The molecule has 0 amide bonds. The van der Waals surface area contributed by atoms with E-state index in [2.05, 4.69) is 4.74 Å². The molecule has 1 aromatic rings. The van der Waals surface area contributed by atoms with E-state index in [4.69, 9.17) is 0 Å². The minimum Gasteiger partial charge on any atom is -0.465 e. The van der Waals surface area contributed by atoms with E-state index < -0.39 is 11.8 Å². The first kappa shape index (κ1) is 11.1. The normalized spacial score (nSPS) is 10.3. The van der Waals surface area contributed by atoms with Gasteiger partial charge in [-0.05, 0) is 29.8 Å². The van der Waals surface area contributed by atoms with Gasteiger partial charge >= 0.3 is 5.97 Å². The lowest BCUT2D eigenvalue weighted by Crippen LogP contribution is -2.01. The van der Waals surface area contributed by atoms with Crippen LogP contribution >= 0.6 is 0 Å². The molecule has 0 unspecified atom stereocenters. The molecule has 0 radical (unpaired) electrons. The summed E-state index contributed by atoms with van der Waals surface area (Å²) in [5.41, 5.74) is 0.547. The first-order valence-corrected chi connectivity index (χ1v) is 4.18. The van der Waals surface area contributed by atoms with E-state index in [0.29, 0.717) is 11.8 Å². The summed E-state index contributed by atoms with van der Waals surface area (Å²) < 4.78 is 17.5. The Hall–Kier alpha value is -1.97. The first-order valence-electron chi connectivity index (χ1n) is 4.18. The number of benzene rings is 1. The van der Waals surface area contributed by atoms with Gasteiger partial charge in [0.05, 0.1) is 12.7 Å². The van der Waals surface area contributed by atoms with Crippen molar-refractivity contribution in [1.29, 1.82) is 0 Å². The number of ether oxygens (including phenoxy) is 1. The molecular formula is C11H9FO3. The Labute approximate surface area is 86.2 Å². The van der Waals surface area contributed by atoms with E-state index in [1.165, 1.54) is 31.4 Å². The van der Waals surface area contributed by atoms with Crippen molar-refractivity contribution in [3.05, 3.63) is 41.2 Å². The molecule has 0 heterocycles. The SMILES string of the molecule is COC(=O)c1cc(F)cc(C=CC=O)c1. The number of hydrogen-bond donors (Lipinski definition) is 0. The lowest BCUT2D eigenvalue weighted by atomic mass is 10.1. The van der Waals surface area contributed by atoms with Crippen LogP contribution in [-0.2, 0) is 9.53 Å². The molecule has 15 heavy (non-hydrogen) atoms. The number of carbonyl (C=O) groups excluding carboxylic acids is 2. The van der Waals surface area contributed by atoms with E-state index in [1.54, 1.807) is 0 Å². The molecular weight excluding hydrogens is 199 g/mol. The van der Waals surface area contributed by atoms with Crippen LogP contribution in [0.15, 0.2) is 24.3 Å². The summed E-state index contributed by atoms with van der Waals surface area (Å²) in [5, 5.41) is 0. The molecule has 0 spiro atoms. The highest BCUT2D eigenvalue weighted by atomic mass is 19.1. The zero-order valence-corrected chi connectivity index (χ0v) is 8.07. The first-order chi connectivity index (χ1) is 7.17. The number of allylic oxidation sites excluding steroid dienone is 1. The maximum atomic E-state index is 13.0. The highest BCUT2D eigenvalue weighted by Crippen LogP contribution is 2.11. The summed E-state index contributed by atoms with van der Waals surface area (Å²) in [6.45, 7) is 0. The van der Waals surface area contributed by atoms with Crippen LogP contribution in [0.3, 0.4) is 0 Å². The summed E-state index contributed by atoms with van der Waals surface area (Å²) in [7, 11) is 1.22. The van der Waals surface area contributed by atoms with Crippen molar-refractivity contribution in [3.8, 4) is 0 Å². The highest BCUT2D eigenvalue weighted by Gasteiger charge is 2.07. The van der Waals surface area contributed by atoms with Crippen LogP contribution in [0.1, 0.15) is 15.9 Å². The van der Waals surface area contributed by atoms with Gasteiger partial charge in [0.25, 0.3) is 0 Å². The average molecular weight is 208 g/mol. The summed E-state index contributed by atoms with van der Waals surface area (Å²) >= 11 is 0. The molecule has 0 aliphatic carbocycles. The minimum atomic E-state index is -0.616. The Morgan fingerprint density at radius 3 is 2.73 bits per heavy atom. The number of halogens is 1. The molecule has 0 saturated carbocycles. The van der Waals surface area contributed by atoms with E-state index in [9.17, 15) is 14.0 Å². The molecule has 0 aliphatic rings. The summed E-state index contributed by atoms with van der Waals surface area (Å²) in [6.07, 6.45) is 3.20. The quantitative estimate of drug-likeness (QED) is 0.432. The van der Waals surface area contributed by atoms with Crippen LogP contribution in [0.2, 0.25) is 0 Å². The van der Waals surface area contributed by atoms with Gasteiger partial charge in [0.1, 0.15) is 12.1 Å². The Balaban J connectivity index is 3.10. The molecule has 0 bridgehead atoms. The smallest absolute Gasteiger partial charge is 0.337 e. The Morgan fingerprint density at radius 2 is 2.13 bits per heavy atom. The zero-order valence-electron chi connectivity index (χ0n) is 8.07. The second-order valence-corrected chi connectivity index (χ2v) is 2.76. The van der Waals surface area contributed by atoms with Crippen molar-refractivity contribution in [2.75, 3.05) is 7.11 Å². The number of esters is 1. The standard InChI is InChI=1S/C11H9FO3/c1-15-11(14)9-5-8(3-2-4-13)6-10(12)7-9/h2-7H,1H3. The molecule has 4 heteroatoms. The molecule has 0 N–H and O–H groups in total. The number of rotatable bonds is 3. The van der Waals surface area contributed by atoms with Crippen LogP contribution < -0.4 is 0 Å². The van der Waals surface area contributed by atoms with Crippen LogP contribution in [0.4, 0.5) is 4.39 Å². The van der Waals surface area contributed by atoms with Gasteiger partial charge in [0.2, 0.25) is 0 Å². The number of aldehydes is 1. The minimum absolute atomic E-state index is 0.114. The lowest BCUT2D eigenvalue weighted by molar-refractivity contribution is -0.104. The molecule has 0 aliphatic heterocycles. The van der Waals surface area contributed by atoms with Crippen molar-refractivity contribution in [3.63, 3.8) is 0 Å². The predicted molar refractivity (Wildman–Crippen MR) is 52.8 cm³/mol. The second kappa shape index (κ2) is 5.05. The molecule has 0 atom stereocenters. The maximum absolute atomic E-state index is 13.0. The number of hydrogen-bond acceptors (Lipinski definition) is 3. The highest BCUT2D eigenvalue weighted by molar-refractivity contribution is 5.90. The topological polar surface area (TPSA) is 43.4 Å². The third kappa shape index (κ3) is 3.02.